The van der Waals surface area contributed by atoms with Crippen molar-refractivity contribution in [1.29, 1.82) is 0 Å². The number of carbonyl (C=O) groups excluding carboxylic acids is 1. The van der Waals surface area contributed by atoms with E-state index in [0.717, 1.165) is 16.3 Å². The average Bonchev–Trinajstić information content (AvgIpc) is 2.79. The molecule has 0 unspecified atom stereocenters. The summed E-state index contributed by atoms with van der Waals surface area (Å²) in [6.45, 7) is 2.04. The molecule has 0 aliphatic rings. The van der Waals surface area contributed by atoms with Gasteiger partial charge in [0, 0.05) is 22.3 Å². The maximum atomic E-state index is 12.4. The fourth-order valence-corrected chi connectivity index (χ4v) is 3.82. The summed E-state index contributed by atoms with van der Waals surface area (Å²) in [6, 6.07) is 21.0. The first-order valence-electron chi connectivity index (χ1n) is 9.86. The molecule has 3 N–H and O–H groups in total. The van der Waals surface area contributed by atoms with Crippen molar-refractivity contribution in [2.45, 2.75) is 11.8 Å². The smallest absolute Gasteiger partial charge is 0.234 e. The van der Waals surface area contributed by atoms with Crippen LogP contribution in [0.25, 0.3) is 0 Å². The van der Waals surface area contributed by atoms with Gasteiger partial charge in [-0.05, 0) is 61.6 Å². The van der Waals surface area contributed by atoms with Crippen molar-refractivity contribution >= 4 is 52.1 Å². The summed E-state index contributed by atoms with van der Waals surface area (Å²) < 4.78 is 10.5. The molecule has 6 nitrogen and oxygen atoms in total. The van der Waals surface area contributed by atoms with E-state index in [1.54, 1.807) is 32.4 Å². The highest BCUT2D eigenvalue weighted by molar-refractivity contribution is 8.00. The Kier molecular flexibility index (Phi) is 8.35. The quantitative estimate of drug-likeness (QED) is 0.296. The maximum absolute atomic E-state index is 12.4. The minimum atomic E-state index is -0.131. The summed E-state index contributed by atoms with van der Waals surface area (Å²) in [7, 11) is 3.13. The fraction of sp³-hybridized carbons (Fsp3) is 0.167. The van der Waals surface area contributed by atoms with E-state index in [1.165, 1.54) is 17.3 Å². The molecule has 0 radical (unpaired) electrons. The molecule has 32 heavy (non-hydrogen) atoms. The monoisotopic (exact) mass is 467 g/mol. The van der Waals surface area contributed by atoms with E-state index in [1.807, 2.05) is 55.5 Å². The third-order valence-electron chi connectivity index (χ3n) is 4.45. The van der Waals surface area contributed by atoms with Gasteiger partial charge in [0.1, 0.15) is 11.5 Å². The van der Waals surface area contributed by atoms with Crippen LogP contribution in [-0.4, -0.2) is 31.0 Å². The molecule has 0 atom stereocenters. The average molecular weight is 468 g/mol. The number of rotatable bonds is 8. The molecular weight excluding hydrogens is 442 g/mol. The standard InChI is InChI=1S/C24H25N3O3S2/c1-16-7-9-17(10-8-16)25-24(31)26-18-5-4-6-20(13-18)32-15-23(28)27-21-12-11-19(29-2)14-22(21)30-3/h4-14H,15H2,1-3H3,(H,27,28)(H2,25,26,31). The van der Waals surface area contributed by atoms with Crippen LogP contribution in [0.5, 0.6) is 11.5 Å². The summed E-state index contributed by atoms with van der Waals surface area (Å²) in [6.07, 6.45) is 0. The second kappa shape index (κ2) is 11.4. The lowest BCUT2D eigenvalue weighted by atomic mass is 10.2. The summed E-state index contributed by atoms with van der Waals surface area (Å²) in [4.78, 5) is 13.4. The molecule has 0 fully saturated rings. The van der Waals surface area contributed by atoms with E-state index >= 15 is 0 Å². The number of nitrogens with one attached hydrogen (secondary N) is 3. The first kappa shape index (κ1) is 23.4. The van der Waals surface area contributed by atoms with Crippen LogP contribution in [0.3, 0.4) is 0 Å². The number of thioether (sulfide) groups is 1. The lowest BCUT2D eigenvalue weighted by molar-refractivity contribution is -0.113. The van der Waals surface area contributed by atoms with Crippen molar-refractivity contribution in [2.75, 3.05) is 35.9 Å². The molecule has 3 rings (SSSR count). The van der Waals surface area contributed by atoms with Crippen LogP contribution in [0.1, 0.15) is 5.56 Å². The van der Waals surface area contributed by atoms with E-state index in [4.69, 9.17) is 21.7 Å². The van der Waals surface area contributed by atoms with Crippen LogP contribution >= 0.6 is 24.0 Å². The van der Waals surface area contributed by atoms with Crippen LogP contribution in [0, 0.1) is 6.92 Å². The highest BCUT2D eigenvalue weighted by atomic mass is 32.2. The summed E-state index contributed by atoms with van der Waals surface area (Å²) in [5.41, 5.74) is 3.55. The third kappa shape index (κ3) is 6.90. The van der Waals surface area contributed by atoms with Crippen molar-refractivity contribution < 1.29 is 14.3 Å². The Morgan fingerprint density at radius 2 is 1.66 bits per heavy atom. The van der Waals surface area contributed by atoms with Crippen LogP contribution < -0.4 is 25.4 Å². The topological polar surface area (TPSA) is 71.6 Å². The van der Waals surface area contributed by atoms with Crippen molar-refractivity contribution in [2.24, 2.45) is 0 Å². The molecule has 0 saturated heterocycles. The van der Waals surface area contributed by atoms with Gasteiger partial charge in [0.25, 0.3) is 0 Å². The van der Waals surface area contributed by atoms with Crippen LogP contribution in [-0.2, 0) is 4.79 Å². The fourth-order valence-electron chi connectivity index (χ4n) is 2.83. The van der Waals surface area contributed by atoms with Crippen LogP contribution in [0.2, 0.25) is 0 Å². The molecule has 0 aliphatic heterocycles. The number of anilines is 3. The van der Waals surface area contributed by atoms with E-state index in [2.05, 4.69) is 16.0 Å². The zero-order valence-electron chi connectivity index (χ0n) is 18.1. The molecule has 166 valence electrons. The maximum Gasteiger partial charge on any atom is 0.234 e. The minimum absolute atomic E-state index is 0.131. The lowest BCUT2D eigenvalue weighted by Crippen LogP contribution is -2.19. The predicted molar refractivity (Wildman–Crippen MR) is 136 cm³/mol. The minimum Gasteiger partial charge on any atom is -0.497 e. The number of methoxy groups -OCH3 is 2. The number of hydrogen-bond donors (Lipinski definition) is 3. The Morgan fingerprint density at radius 3 is 2.38 bits per heavy atom. The Morgan fingerprint density at radius 1 is 0.906 bits per heavy atom. The molecular formula is C24H25N3O3S2. The van der Waals surface area contributed by atoms with Gasteiger partial charge in [-0.15, -0.1) is 11.8 Å². The normalized spacial score (nSPS) is 10.2. The van der Waals surface area contributed by atoms with Crippen molar-refractivity contribution in [3.05, 3.63) is 72.3 Å². The van der Waals surface area contributed by atoms with Crippen molar-refractivity contribution in [3.8, 4) is 11.5 Å². The van der Waals surface area contributed by atoms with Gasteiger partial charge in [0.15, 0.2) is 5.11 Å². The first-order valence-corrected chi connectivity index (χ1v) is 11.3. The first-order chi connectivity index (χ1) is 15.5. The van der Waals surface area contributed by atoms with Crippen LogP contribution in [0.4, 0.5) is 17.1 Å². The molecule has 0 spiro atoms. The number of benzene rings is 3. The van der Waals surface area contributed by atoms with E-state index in [9.17, 15) is 4.79 Å². The number of aryl methyl sites for hydroxylation is 1. The largest absolute Gasteiger partial charge is 0.497 e. The molecule has 0 saturated carbocycles. The Bertz CT molecular complexity index is 1090. The van der Waals surface area contributed by atoms with Gasteiger partial charge in [-0.1, -0.05) is 23.8 Å². The molecule has 0 aliphatic carbocycles. The van der Waals surface area contributed by atoms with E-state index in [0.29, 0.717) is 22.3 Å². The molecule has 3 aromatic rings. The molecule has 0 bridgehead atoms. The second-order valence-electron chi connectivity index (χ2n) is 6.88. The van der Waals surface area contributed by atoms with Gasteiger partial charge in [0.2, 0.25) is 5.91 Å². The van der Waals surface area contributed by atoms with Crippen LogP contribution in [0.15, 0.2) is 71.6 Å². The van der Waals surface area contributed by atoms with Gasteiger partial charge >= 0.3 is 0 Å². The summed E-state index contributed by atoms with van der Waals surface area (Å²) >= 11 is 6.84. The number of ether oxygens (including phenoxy) is 2. The Hall–Kier alpha value is -3.23. The number of thiocarbonyl (C=S) groups is 1. The summed E-state index contributed by atoms with van der Waals surface area (Å²) in [5, 5.41) is 9.71. The number of hydrogen-bond acceptors (Lipinski definition) is 5. The number of amides is 1. The zero-order valence-corrected chi connectivity index (χ0v) is 19.7. The van der Waals surface area contributed by atoms with E-state index < -0.39 is 0 Å². The van der Waals surface area contributed by atoms with Crippen molar-refractivity contribution in [3.63, 3.8) is 0 Å². The Labute approximate surface area is 197 Å². The highest BCUT2D eigenvalue weighted by Gasteiger charge is 2.10. The predicted octanol–water partition coefficient (Wildman–Crippen LogP) is 5.55. The van der Waals surface area contributed by atoms with E-state index in [-0.39, 0.29) is 11.7 Å². The molecule has 0 heterocycles. The second-order valence-corrected chi connectivity index (χ2v) is 8.33. The molecule has 8 heteroatoms. The highest BCUT2D eigenvalue weighted by Crippen LogP contribution is 2.29. The Balaban J connectivity index is 1.53. The van der Waals surface area contributed by atoms with Gasteiger partial charge in [-0.3, -0.25) is 4.79 Å². The molecule has 0 aromatic heterocycles. The number of carbonyl (C=O) groups is 1. The molecule has 3 aromatic carbocycles. The summed E-state index contributed by atoms with van der Waals surface area (Å²) in [5.74, 6) is 1.33. The SMILES string of the molecule is COc1ccc(NC(=O)CSc2cccc(NC(=S)Nc3ccc(C)cc3)c2)c(OC)c1. The lowest BCUT2D eigenvalue weighted by Gasteiger charge is -2.12. The van der Waals surface area contributed by atoms with Gasteiger partial charge in [-0.25, -0.2) is 0 Å². The van der Waals surface area contributed by atoms with Gasteiger partial charge in [0.05, 0.1) is 25.7 Å². The van der Waals surface area contributed by atoms with Gasteiger partial charge in [-0.2, -0.15) is 0 Å². The molecule has 1 amide bonds. The zero-order chi connectivity index (χ0) is 22.9. The van der Waals surface area contributed by atoms with Crippen molar-refractivity contribution in [1.82, 2.24) is 0 Å². The third-order valence-corrected chi connectivity index (χ3v) is 5.65. The van der Waals surface area contributed by atoms with Gasteiger partial charge < -0.3 is 25.4 Å².